The average molecular weight is 432 g/mol. The van der Waals surface area contributed by atoms with Gasteiger partial charge in [-0.15, -0.1) is 0 Å². The molecule has 7 nitrogen and oxygen atoms in total. The van der Waals surface area contributed by atoms with Crippen molar-refractivity contribution in [2.24, 2.45) is 0 Å². The summed E-state index contributed by atoms with van der Waals surface area (Å²) in [5.41, 5.74) is -0.0796. The maximum Gasteiger partial charge on any atom is 0.325 e. The Labute approximate surface area is 164 Å². The third-order valence-corrected chi connectivity index (χ3v) is 4.83. The van der Waals surface area contributed by atoms with Gasteiger partial charge in [0.25, 0.3) is 5.91 Å². The number of rotatable bonds is 5. The number of benzene rings is 2. The monoisotopic (exact) mass is 431 g/mol. The van der Waals surface area contributed by atoms with Crippen molar-refractivity contribution < 1.29 is 19.1 Å². The third kappa shape index (κ3) is 3.80. The van der Waals surface area contributed by atoms with Gasteiger partial charge in [0.2, 0.25) is 5.91 Å². The van der Waals surface area contributed by atoms with Crippen LogP contribution in [0, 0.1) is 0 Å². The minimum atomic E-state index is -1.23. The summed E-state index contributed by atoms with van der Waals surface area (Å²) in [7, 11) is 1.52. The molecule has 0 unspecified atom stereocenters. The zero-order chi connectivity index (χ0) is 19.6. The van der Waals surface area contributed by atoms with E-state index >= 15 is 0 Å². The first-order valence-electron chi connectivity index (χ1n) is 8.17. The van der Waals surface area contributed by atoms with Gasteiger partial charge in [-0.05, 0) is 36.8 Å². The number of ether oxygens (including phenoxy) is 1. The standard InChI is InChI=1S/C19H18BrN3O4/c1-19(12-5-3-6-13(20)9-12)17(25)23(18(26)22-19)11-16(24)21-14-7-4-8-15(10-14)27-2/h3-10H,11H2,1-2H3,(H,21,24)(H,22,26)/t19-/m1/s1. The molecule has 1 heterocycles. The van der Waals surface area contributed by atoms with E-state index in [2.05, 4.69) is 26.6 Å². The van der Waals surface area contributed by atoms with E-state index in [1.54, 1.807) is 49.4 Å². The van der Waals surface area contributed by atoms with Crippen LogP contribution in [0.2, 0.25) is 0 Å². The lowest BCUT2D eigenvalue weighted by Gasteiger charge is -2.22. The molecule has 1 fully saturated rings. The maximum absolute atomic E-state index is 12.9. The predicted octanol–water partition coefficient (Wildman–Crippen LogP) is 2.86. The molecule has 140 valence electrons. The number of imide groups is 1. The van der Waals surface area contributed by atoms with Crippen molar-refractivity contribution in [1.82, 2.24) is 10.2 Å². The molecule has 1 atom stereocenters. The molecule has 0 bridgehead atoms. The van der Waals surface area contributed by atoms with Crippen LogP contribution in [0.4, 0.5) is 10.5 Å². The van der Waals surface area contributed by atoms with Gasteiger partial charge in [-0.1, -0.05) is 34.1 Å². The molecule has 0 aliphatic carbocycles. The molecular weight excluding hydrogens is 414 g/mol. The Bertz CT molecular complexity index is 917. The van der Waals surface area contributed by atoms with Crippen LogP contribution >= 0.6 is 15.9 Å². The van der Waals surface area contributed by atoms with Crippen LogP contribution in [-0.4, -0.2) is 36.4 Å². The van der Waals surface area contributed by atoms with Crippen molar-refractivity contribution in [2.45, 2.75) is 12.5 Å². The van der Waals surface area contributed by atoms with Crippen molar-refractivity contribution >= 4 is 39.5 Å². The summed E-state index contributed by atoms with van der Waals surface area (Å²) in [6.07, 6.45) is 0. The van der Waals surface area contributed by atoms with Crippen molar-refractivity contribution in [3.63, 3.8) is 0 Å². The van der Waals surface area contributed by atoms with E-state index in [1.807, 2.05) is 6.07 Å². The Morgan fingerprint density at radius 2 is 1.96 bits per heavy atom. The maximum atomic E-state index is 12.9. The highest BCUT2D eigenvalue weighted by atomic mass is 79.9. The molecule has 4 amide bonds. The minimum Gasteiger partial charge on any atom is -0.497 e. The smallest absolute Gasteiger partial charge is 0.325 e. The van der Waals surface area contributed by atoms with Crippen LogP contribution in [0.5, 0.6) is 5.75 Å². The number of urea groups is 1. The second kappa shape index (κ2) is 7.40. The lowest BCUT2D eigenvalue weighted by Crippen LogP contribution is -2.42. The number of hydrogen-bond donors (Lipinski definition) is 2. The molecule has 0 saturated carbocycles. The second-order valence-electron chi connectivity index (χ2n) is 6.24. The number of nitrogens with one attached hydrogen (secondary N) is 2. The summed E-state index contributed by atoms with van der Waals surface area (Å²) >= 11 is 3.36. The molecule has 0 spiro atoms. The number of hydrogen-bond acceptors (Lipinski definition) is 4. The molecule has 0 aromatic heterocycles. The molecule has 2 aromatic carbocycles. The highest BCUT2D eigenvalue weighted by Gasteiger charge is 2.49. The predicted molar refractivity (Wildman–Crippen MR) is 103 cm³/mol. The average Bonchev–Trinajstić information content (AvgIpc) is 2.86. The van der Waals surface area contributed by atoms with E-state index in [0.717, 1.165) is 9.37 Å². The van der Waals surface area contributed by atoms with Crippen LogP contribution in [0.25, 0.3) is 0 Å². The van der Waals surface area contributed by atoms with Crippen LogP contribution in [0.15, 0.2) is 53.0 Å². The summed E-state index contributed by atoms with van der Waals surface area (Å²) < 4.78 is 5.90. The highest BCUT2D eigenvalue weighted by Crippen LogP contribution is 2.30. The van der Waals surface area contributed by atoms with Gasteiger partial charge in [0.15, 0.2) is 0 Å². The number of anilines is 1. The fraction of sp³-hybridized carbons (Fsp3) is 0.211. The molecule has 1 aliphatic heterocycles. The molecule has 2 N–H and O–H groups in total. The number of carbonyl (C=O) groups excluding carboxylic acids is 3. The van der Waals surface area contributed by atoms with Crippen molar-refractivity contribution in [3.05, 3.63) is 58.6 Å². The first kappa shape index (κ1) is 18.9. The zero-order valence-corrected chi connectivity index (χ0v) is 16.4. The van der Waals surface area contributed by atoms with Gasteiger partial charge in [0, 0.05) is 16.2 Å². The first-order chi connectivity index (χ1) is 12.8. The van der Waals surface area contributed by atoms with Crippen molar-refractivity contribution in [2.75, 3.05) is 19.0 Å². The number of nitrogens with zero attached hydrogens (tertiary/aromatic N) is 1. The fourth-order valence-electron chi connectivity index (χ4n) is 2.88. The lowest BCUT2D eigenvalue weighted by atomic mass is 9.92. The van der Waals surface area contributed by atoms with Gasteiger partial charge in [0.1, 0.15) is 17.8 Å². The Morgan fingerprint density at radius 1 is 1.22 bits per heavy atom. The van der Waals surface area contributed by atoms with Gasteiger partial charge in [-0.3, -0.25) is 14.5 Å². The summed E-state index contributed by atoms with van der Waals surface area (Å²) in [5.74, 6) is -0.373. The van der Waals surface area contributed by atoms with Gasteiger partial charge < -0.3 is 15.4 Å². The summed E-state index contributed by atoms with van der Waals surface area (Å²) in [5, 5.41) is 5.34. The molecule has 1 aliphatic rings. The quantitative estimate of drug-likeness (QED) is 0.712. The van der Waals surface area contributed by atoms with E-state index in [0.29, 0.717) is 17.0 Å². The Balaban J connectivity index is 1.74. The number of carbonyl (C=O) groups is 3. The van der Waals surface area contributed by atoms with Gasteiger partial charge in [-0.2, -0.15) is 0 Å². The van der Waals surface area contributed by atoms with Crippen LogP contribution in [0.3, 0.4) is 0 Å². The normalized spacial score (nSPS) is 19.0. The van der Waals surface area contributed by atoms with E-state index in [4.69, 9.17) is 4.74 Å². The van der Waals surface area contributed by atoms with Crippen molar-refractivity contribution in [1.29, 1.82) is 0 Å². The first-order valence-corrected chi connectivity index (χ1v) is 8.97. The van der Waals surface area contributed by atoms with Gasteiger partial charge in [-0.25, -0.2) is 4.79 Å². The van der Waals surface area contributed by atoms with Crippen LogP contribution < -0.4 is 15.4 Å². The molecule has 0 radical (unpaired) electrons. The fourth-order valence-corrected chi connectivity index (χ4v) is 3.28. The highest BCUT2D eigenvalue weighted by molar-refractivity contribution is 9.10. The molecule has 3 rings (SSSR count). The molecular formula is C19H18BrN3O4. The molecule has 27 heavy (non-hydrogen) atoms. The van der Waals surface area contributed by atoms with Crippen molar-refractivity contribution in [3.8, 4) is 5.75 Å². The largest absolute Gasteiger partial charge is 0.497 e. The Kier molecular flexibility index (Phi) is 5.18. The Morgan fingerprint density at radius 3 is 2.67 bits per heavy atom. The zero-order valence-electron chi connectivity index (χ0n) is 14.8. The topological polar surface area (TPSA) is 87.7 Å². The number of methoxy groups -OCH3 is 1. The molecule has 1 saturated heterocycles. The lowest BCUT2D eigenvalue weighted by molar-refractivity contribution is -0.133. The van der Waals surface area contributed by atoms with E-state index in [-0.39, 0.29) is 6.54 Å². The third-order valence-electron chi connectivity index (χ3n) is 4.33. The van der Waals surface area contributed by atoms with E-state index in [1.165, 1.54) is 7.11 Å². The van der Waals surface area contributed by atoms with Crippen LogP contribution in [-0.2, 0) is 15.1 Å². The summed E-state index contributed by atoms with van der Waals surface area (Å²) in [6, 6.07) is 13.3. The second-order valence-corrected chi connectivity index (χ2v) is 7.15. The minimum absolute atomic E-state index is 0.383. The Hall–Kier alpha value is -2.87. The van der Waals surface area contributed by atoms with E-state index in [9.17, 15) is 14.4 Å². The molecule has 8 heteroatoms. The van der Waals surface area contributed by atoms with Gasteiger partial charge >= 0.3 is 6.03 Å². The van der Waals surface area contributed by atoms with Gasteiger partial charge in [0.05, 0.1) is 7.11 Å². The number of halogens is 1. The summed E-state index contributed by atoms with van der Waals surface area (Å²) in [4.78, 5) is 38.4. The van der Waals surface area contributed by atoms with E-state index < -0.39 is 23.4 Å². The van der Waals surface area contributed by atoms with Crippen LogP contribution in [0.1, 0.15) is 12.5 Å². The SMILES string of the molecule is COc1cccc(NC(=O)CN2C(=O)N[C@](C)(c3cccc(Br)c3)C2=O)c1. The molecule has 2 aromatic rings. The number of amides is 4. The summed E-state index contributed by atoms with van der Waals surface area (Å²) in [6.45, 7) is 1.24.